The van der Waals surface area contributed by atoms with Crippen molar-refractivity contribution < 1.29 is 9.53 Å². The van der Waals surface area contributed by atoms with Crippen LogP contribution in [0.15, 0.2) is 12.1 Å². The fourth-order valence-electron chi connectivity index (χ4n) is 2.77. The van der Waals surface area contributed by atoms with Gasteiger partial charge in [0.2, 0.25) is 5.91 Å². The zero-order chi connectivity index (χ0) is 13.4. The predicted molar refractivity (Wildman–Crippen MR) is 75.4 cm³/mol. The van der Waals surface area contributed by atoms with E-state index in [-0.39, 0.29) is 5.91 Å². The maximum atomic E-state index is 11.4. The molecule has 1 amide bonds. The van der Waals surface area contributed by atoms with Crippen LogP contribution in [-0.4, -0.2) is 31.7 Å². The van der Waals surface area contributed by atoms with Crippen molar-refractivity contribution in [1.82, 2.24) is 0 Å². The van der Waals surface area contributed by atoms with E-state index in [2.05, 4.69) is 23.2 Å². The summed E-state index contributed by atoms with van der Waals surface area (Å²) in [5.74, 6) is 0.0689. The van der Waals surface area contributed by atoms with E-state index >= 15 is 0 Å². The van der Waals surface area contributed by atoms with Crippen molar-refractivity contribution in [3.05, 3.63) is 17.7 Å². The Labute approximate surface area is 112 Å². The van der Waals surface area contributed by atoms with Crippen LogP contribution in [0.2, 0.25) is 0 Å². The van der Waals surface area contributed by atoms with E-state index in [1.807, 2.05) is 6.07 Å². The molecule has 19 heavy (non-hydrogen) atoms. The number of morpholine rings is 1. The molecule has 0 radical (unpaired) electrons. The van der Waals surface area contributed by atoms with Gasteiger partial charge in [0.25, 0.3) is 0 Å². The van der Waals surface area contributed by atoms with Crippen molar-refractivity contribution >= 4 is 23.0 Å². The van der Waals surface area contributed by atoms with Crippen molar-refractivity contribution in [3.8, 4) is 0 Å². The summed E-state index contributed by atoms with van der Waals surface area (Å²) in [6.45, 7) is 4.46. The van der Waals surface area contributed by atoms with Gasteiger partial charge in [-0.2, -0.15) is 0 Å². The monoisotopic (exact) mass is 261 g/mol. The normalized spacial score (nSPS) is 22.9. The Hall–Kier alpha value is -1.75. The van der Waals surface area contributed by atoms with Gasteiger partial charge in [-0.05, 0) is 31.0 Å². The number of nitrogens with one attached hydrogen (secondary N) is 1. The number of carbonyl (C=O) groups is 1. The quantitative estimate of drug-likeness (QED) is 0.749. The first-order chi connectivity index (χ1) is 9.15. The van der Waals surface area contributed by atoms with Crippen LogP contribution in [0.25, 0.3) is 0 Å². The molecule has 5 nitrogen and oxygen atoms in total. The summed E-state index contributed by atoms with van der Waals surface area (Å²) in [5.41, 5.74) is 9.96. The van der Waals surface area contributed by atoms with Crippen LogP contribution in [0.3, 0.4) is 0 Å². The van der Waals surface area contributed by atoms with Crippen molar-refractivity contribution in [2.24, 2.45) is 0 Å². The summed E-state index contributed by atoms with van der Waals surface area (Å²) in [4.78, 5) is 13.7. The number of ether oxygens (including phenoxy) is 1. The van der Waals surface area contributed by atoms with Gasteiger partial charge in [-0.15, -0.1) is 0 Å². The van der Waals surface area contributed by atoms with Crippen molar-refractivity contribution in [2.75, 3.05) is 35.7 Å². The molecule has 0 spiro atoms. The molecule has 3 rings (SSSR count). The van der Waals surface area contributed by atoms with Gasteiger partial charge in [-0.1, -0.05) is 0 Å². The second-order valence-electron chi connectivity index (χ2n) is 5.23. The number of rotatable bonds is 1. The molecule has 1 unspecified atom stereocenters. The highest BCUT2D eigenvalue weighted by molar-refractivity contribution is 5.95. The SMILES string of the molecule is CC1COCCN1c1cc2c(cc1N)NC(=O)CC2. The Morgan fingerprint density at radius 2 is 2.26 bits per heavy atom. The van der Waals surface area contributed by atoms with Crippen LogP contribution in [0.4, 0.5) is 17.1 Å². The number of benzene rings is 1. The summed E-state index contributed by atoms with van der Waals surface area (Å²) in [6.07, 6.45) is 1.34. The number of nitrogen functional groups attached to an aromatic ring is 1. The summed E-state index contributed by atoms with van der Waals surface area (Å²) >= 11 is 0. The molecule has 0 bridgehead atoms. The summed E-state index contributed by atoms with van der Waals surface area (Å²) in [7, 11) is 0. The van der Waals surface area contributed by atoms with Crippen LogP contribution in [0, 0.1) is 0 Å². The maximum absolute atomic E-state index is 11.4. The van der Waals surface area contributed by atoms with Crippen LogP contribution in [-0.2, 0) is 16.0 Å². The molecule has 2 heterocycles. The topological polar surface area (TPSA) is 67.6 Å². The Balaban J connectivity index is 1.96. The minimum atomic E-state index is 0.0689. The van der Waals surface area contributed by atoms with Crippen molar-refractivity contribution in [1.29, 1.82) is 0 Å². The lowest BCUT2D eigenvalue weighted by molar-refractivity contribution is -0.116. The lowest BCUT2D eigenvalue weighted by atomic mass is 10.0. The Morgan fingerprint density at radius 1 is 1.42 bits per heavy atom. The highest BCUT2D eigenvalue weighted by atomic mass is 16.5. The van der Waals surface area contributed by atoms with Crippen LogP contribution < -0.4 is 16.0 Å². The van der Waals surface area contributed by atoms with Crippen molar-refractivity contribution in [3.63, 3.8) is 0 Å². The standard InChI is InChI=1S/C14H19N3O2/c1-9-8-19-5-4-17(9)13-6-10-2-3-14(18)16-12(10)7-11(13)15/h6-7,9H,2-5,8,15H2,1H3,(H,16,18). The van der Waals surface area contributed by atoms with Crippen LogP contribution in [0.1, 0.15) is 18.9 Å². The first kappa shape index (κ1) is 12.3. The van der Waals surface area contributed by atoms with Crippen LogP contribution >= 0.6 is 0 Å². The van der Waals surface area contributed by atoms with E-state index in [4.69, 9.17) is 10.5 Å². The number of aryl methyl sites for hydroxylation is 1. The number of hydrogen-bond acceptors (Lipinski definition) is 4. The highest BCUT2D eigenvalue weighted by Crippen LogP contribution is 2.34. The number of nitrogens with zero attached hydrogens (tertiary/aromatic N) is 1. The van der Waals surface area contributed by atoms with E-state index in [1.165, 1.54) is 5.56 Å². The van der Waals surface area contributed by atoms with Gasteiger partial charge in [0.15, 0.2) is 0 Å². The molecule has 0 saturated carbocycles. The number of nitrogens with two attached hydrogens (primary N) is 1. The molecule has 1 saturated heterocycles. The first-order valence-electron chi connectivity index (χ1n) is 6.72. The molecule has 0 aliphatic carbocycles. The molecular formula is C14H19N3O2. The predicted octanol–water partition coefficient (Wildman–Crippen LogP) is 1.38. The maximum Gasteiger partial charge on any atom is 0.224 e. The van der Waals surface area contributed by atoms with E-state index in [0.717, 1.165) is 43.2 Å². The molecule has 2 aliphatic rings. The van der Waals surface area contributed by atoms with Gasteiger partial charge in [0.1, 0.15) is 0 Å². The molecule has 1 atom stereocenters. The molecule has 102 valence electrons. The largest absolute Gasteiger partial charge is 0.397 e. The average Bonchev–Trinajstić information content (AvgIpc) is 2.39. The zero-order valence-electron chi connectivity index (χ0n) is 11.1. The third-order valence-electron chi connectivity index (χ3n) is 3.83. The summed E-state index contributed by atoms with van der Waals surface area (Å²) in [5, 5.41) is 2.88. The number of hydrogen-bond donors (Lipinski definition) is 2. The van der Waals surface area contributed by atoms with Gasteiger partial charge < -0.3 is 20.7 Å². The molecule has 0 aromatic heterocycles. The molecular weight excluding hydrogens is 242 g/mol. The van der Waals surface area contributed by atoms with Crippen LogP contribution in [0.5, 0.6) is 0 Å². The fourth-order valence-corrected chi connectivity index (χ4v) is 2.77. The van der Waals surface area contributed by atoms with E-state index in [9.17, 15) is 4.79 Å². The average molecular weight is 261 g/mol. The third kappa shape index (κ3) is 2.26. The van der Waals surface area contributed by atoms with E-state index in [1.54, 1.807) is 0 Å². The number of fused-ring (bicyclic) bond motifs is 1. The number of anilines is 3. The van der Waals surface area contributed by atoms with Gasteiger partial charge in [0, 0.05) is 24.7 Å². The van der Waals surface area contributed by atoms with E-state index in [0.29, 0.717) is 12.5 Å². The third-order valence-corrected chi connectivity index (χ3v) is 3.83. The summed E-state index contributed by atoms with van der Waals surface area (Å²) < 4.78 is 5.46. The smallest absolute Gasteiger partial charge is 0.224 e. The van der Waals surface area contributed by atoms with Crippen molar-refractivity contribution in [2.45, 2.75) is 25.8 Å². The molecule has 5 heteroatoms. The van der Waals surface area contributed by atoms with Gasteiger partial charge in [-0.25, -0.2) is 0 Å². The Kier molecular flexibility index (Phi) is 3.06. The second-order valence-corrected chi connectivity index (χ2v) is 5.23. The molecule has 1 aromatic rings. The zero-order valence-corrected chi connectivity index (χ0v) is 11.1. The van der Waals surface area contributed by atoms with Gasteiger partial charge in [-0.3, -0.25) is 4.79 Å². The first-order valence-corrected chi connectivity index (χ1v) is 6.72. The van der Waals surface area contributed by atoms with Gasteiger partial charge >= 0.3 is 0 Å². The highest BCUT2D eigenvalue weighted by Gasteiger charge is 2.23. The minimum Gasteiger partial charge on any atom is -0.397 e. The molecule has 3 N–H and O–H groups in total. The van der Waals surface area contributed by atoms with E-state index < -0.39 is 0 Å². The Morgan fingerprint density at radius 3 is 3.05 bits per heavy atom. The minimum absolute atomic E-state index is 0.0689. The molecule has 1 fully saturated rings. The second kappa shape index (κ2) is 4.74. The number of carbonyl (C=O) groups excluding carboxylic acids is 1. The molecule has 1 aromatic carbocycles. The molecule has 2 aliphatic heterocycles. The summed E-state index contributed by atoms with van der Waals surface area (Å²) in [6, 6.07) is 4.32. The lowest BCUT2D eigenvalue weighted by Gasteiger charge is -2.36. The lowest BCUT2D eigenvalue weighted by Crippen LogP contribution is -2.44. The van der Waals surface area contributed by atoms with Gasteiger partial charge in [0.05, 0.1) is 24.6 Å². The number of amides is 1. The Bertz CT molecular complexity index is 516. The fraction of sp³-hybridized carbons (Fsp3) is 0.500.